The first kappa shape index (κ1) is 11.6. The van der Waals surface area contributed by atoms with Gasteiger partial charge in [-0.25, -0.2) is 4.79 Å². The summed E-state index contributed by atoms with van der Waals surface area (Å²) >= 11 is 0. The van der Waals surface area contributed by atoms with Crippen LogP contribution in [0.4, 0.5) is 8.78 Å². The van der Waals surface area contributed by atoms with E-state index < -0.39 is 24.4 Å². The number of carbonyl (C=O) groups is 1. The summed E-state index contributed by atoms with van der Waals surface area (Å²) in [6.45, 7) is 0. The Hall–Kier alpha value is -1.35. The Balaban J connectivity index is 4.29. The van der Waals surface area contributed by atoms with E-state index >= 15 is 0 Å². The molecule has 74 valence electrons. The Labute approximate surface area is 73.7 Å². The van der Waals surface area contributed by atoms with Gasteiger partial charge in [-0.2, -0.15) is 8.78 Å². The molecular weight excluding hydrogens is 184 g/mol. The Bertz CT molecular complexity index is 244. The Kier molecular flexibility index (Phi) is 4.14. The molecule has 0 heterocycles. The molecule has 13 heavy (non-hydrogen) atoms. The third-order valence-corrected chi connectivity index (χ3v) is 1.21. The largest absolute Gasteiger partial charge is 0.465 e. The van der Waals surface area contributed by atoms with Crippen molar-refractivity contribution in [2.24, 2.45) is 5.73 Å². The van der Waals surface area contributed by atoms with Crippen molar-refractivity contribution in [1.29, 1.82) is 0 Å². The molecule has 0 unspecified atom stereocenters. The van der Waals surface area contributed by atoms with Crippen LogP contribution >= 0.6 is 0 Å². The zero-order valence-electron chi connectivity index (χ0n) is 6.88. The van der Waals surface area contributed by atoms with E-state index in [1.54, 1.807) is 0 Å². The summed E-state index contributed by atoms with van der Waals surface area (Å²) < 4.78 is 29.2. The minimum absolute atomic E-state index is 0.847. The zero-order chi connectivity index (χ0) is 10.5. The molecule has 6 heteroatoms. The van der Waals surface area contributed by atoms with Crippen molar-refractivity contribution in [3.8, 4) is 12.0 Å². The fourth-order valence-corrected chi connectivity index (χ4v) is 0.643. The summed E-state index contributed by atoms with van der Waals surface area (Å²) in [5.41, 5.74) is 5.04. The van der Waals surface area contributed by atoms with Crippen LogP contribution in [0.3, 0.4) is 0 Å². The van der Waals surface area contributed by atoms with E-state index in [1.165, 1.54) is 6.11 Å². The molecule has 0 aromatic carbocycles. The molecule has 0 aromatic heterocycles. The molecule has 0 radical (unpaired) electrons. The van der Waals surface area contributed by atoms with E-state index in [2.05, 4.69) is 4.74 Å². The van der Waals surface area contributed by atoms with Crippen molar-refractivity contribution in [2.75, 3.05) is 7.11 Å². The first-order valence-corrected chi connectivity index (χ1v) is 3.30. The number of halogens is 2. The van der Waals surface area contributed by atoms with E-state index in [1.807, 2.05) is 5.92 Å². The maximum atomic E-state index is 12.7. The van der Waals surface area contributed by atoms with Gasteiger partial charge < -0.3 is 15.6 Å². The smallest absolute Gasteiger partial charge is 0.376 e. The van der Waals surface area contributed by atoms with Gasteiger partial charge in [0.15, 0.2) is 0 Å². The molecule has 0 saturated carbocycles. The highest BCUT2D eigenvalue weighted by Gasteiger charge is 2.41. The van der Waals surface area contributed by atoms with Crippen LogP contribution in [0.5, 0.6) is 0 Å². The van der Waals surface area contributed by atoms with Crippen molar-refractivity contribution in [1.82, 2.24) is 0 Å². The molecule has 0 fully saturated rings. The lowest BCUT2D eigenvalue weighted by Crippen LogP contribution is -2.36. The summed E-state index contributed by atoms with van der Waals surface area (Å²) in [6.07, 6.45) is 0.408. The van der Waals surface area contributed by atoms with Crippen LogP contribution in [-0.2, 0) is 9.53 Å². The Morgan fingerprint density at radius 2 is 2.31 bits per heavy atom. The van der Waals surface area contributed by atoms with Gasteiger partial charge in [0.2, 0.25) is 0 Å². The van der Waals surface area contributed by atoms with Crippen molar-refractivity contribution in [3.63, 3.8) is 0 Å². The number of alkyl halides is 2. The van der Waals surface area contributed by atoms with Crippen LogP contribution in [0, 0.1) is 12.0 Å². The number of rotatable bonds is 3. The molecule has 0 bridgehead atoms. The molecule has 0 spiro atoms. The first-order chi connectivity index (χ1) is 5.94. The summed E-state index contributed by atoms with van der Waals surface area (Å²) in [7, 11) is 0.847. The molecule has 0 rings (SSSR count). The molecule has 4 nitrogen and oxygen atoms in total. The number of aliphatic hydroxyl groups excluding tert-OH is 1. The number of methoxy groups -OCH3 is 1. The molecule has 0 aliphatic carbocycles. The molecule has 1 atom stereocenters. The third kappa shape index (κ3) is 3.71. The summed E-state index contributed by atoms with van der Waals surface area (Å²) in [6, 6.07) is -1.26. The number of esters is 1. The van der Waals surface area contributed by atoms with Gasteiger partial charge in [-0.05, 0) is 5.92 Å². The zero-order valence-corrected chi connectivity index (χ0v) is 6.88. The number of nitrogens with two attached hydrogens (primary N) is 1. The van der Waals surface area contributed by atoms with Crippen molar-refractivity contribution < 1.29 is 23.4 Å². The monoisotopic (exact) mass is 193 g/mol. The van der Waals surface area contributed by atoms with Gasteiger partial charge >= 0.3 is 11.9 Å². The van der Waals surface area contributed by atoms with E-state index in [-0.39, 0.29) is 0 Å². The van der Waals surface area contributed by atoms with Gasteiger partial charge in [-0.1, -0.05) is 0 Å². The molecule has 0 aromatic rings. The highest BCUT2D eigenvalue weighted by atomic mass is 19.3. The molecule has 3 N–H and O–H groups in total. The van der Waals surface area contributed by atoms with Gasteiger partial charge in [0.1, 0.15) is 6.11 Å². The van der Waals surface area contributed by atoms with Crippen LogP contribution < -0.4 is 5.73 Å². The number of carbonyl (C=O) groups excluding carboxylic acids is 1. The normalized spacial score (nSPS) is 12.6. The molecule has 0 aliphatic rings. The van der Waals surface area contributed by atoms with Crippen LogP contribution in [0.1, 0.15) is 6.42 Å². The van der Waals surface area contributed by atoms with Crippen LogP contribution in [-0.4, -0.2) is 30.2 Å². The Morgan fingerprint density at radius 1 is 1.77 bits per heavy atom. The van der Waals surface area contributed by atoms with Gasteiger partial charge in [0.05, 0.1) is 13.2 Å². The average molecular weight is 193 g/mol. The van der Waals surface area contributed by atoms with E-state index in [0.717, 1.165) is 7.11 Å². The first-order valence-electron chi connectivity index (χ1n) is 3.30. The van der Waals surface area contributed by atoms with Gasteiger partial charge in [-0.3, -0.25) is 0 Å². The quantitative estimate of drug-likeness (QED) is 0.482. The topological polar surface area (TPSA) is 72.5 Å². The standard InChI is InChI=1S/C7H9F2NO3/c1-13-6(12)7(8,9)4-5(10)2-3-11/h5,11H,4,10H2,1H3/t5-/m0/s1. The van der Waals surface area contributed by atoms with Crippen molar-refractivity contribution >= 4 is 5.97 Å². The van der Waals surface area contributed by atoms with E-state index in [0.29, 0.717) is 0 Å². The maximum absolute atomic E-state index is 12.7. The second kappa shape index (κ2) is 4.62. The minimum Gasteiger partial charge on any atom is -0.465 e. The van der Waals surface area contributed by atoms with Crippen LogP contribution in [0.25, 0.3) is 0 Å². The van der Waals surface area contributed by atoms with Crippen molar-refractivity contribution in [3.05, 3.63) is 0 Å². The van der Waals surface area contributed by atoms with Crippen LogP contribution in [0.15, 0.2) is 0 Å². The van der Waals surface area contributed by atoms with Crippen molar-refractivity contribution in [2.45, 2.75) is 18.4 Å². The molecule has 0 saturated heterocycles. The summed E-state index contributed by atoms with van der Waals surface area (Å²) in [5.74, 6) is -3.46. The van der Waals surface area contributed by atoms with Gasteiger partial charge in [-0.15, -0.1) is 0 Å². The number of hydrogen-bond donors (Lipinski definition) is 2. The van der Waals surface area contributed by atoms with E-state index in [9.17, 15) is 13.6 Å². The van der Waals surface area contributed by atoms with Gasteiger partial charge in [0.25, 0.3) is 0 Å². The average Bonchev–Trinajstić information content (AvgIpc) is 2.02. The number of ether oxygens (including phenoxy) is 1. The Morgan fingerprint density at radius 3 is 2.69 bits per heavy atom. The predicted octanol–water partition coefficient (Wildman–Crippen LogP) is -0.154. The van der Waals surface area contributed by atoms with Gasteiger partial charge in [0, 0.05) is 6.42 Å². The SMILES string of the molecule is COC(=O)C(F)(F)C[C@@H](N)C#CO. The second-order valence-electron chi connectivity index (χ2n) is 2.26. The summed E-state index contributed by atoms with van der Waals surface area (Å²) in [4.78, 5) is 10.4. The lowest BCUT2D eigenvalue weighted by Gasteiger charge is -2.14. The number of hydrogen-bond acceptors (Lipinski definition) is 4. The predicted molar refractivity (Wildman–Crippen MR) is 39.3 cm³/mol. The molecule has 0 aliphatic heterocycles. The maximum Gasteiger partial charge on any atom is 0.376 e. The highest BCUT2D eigenvalue weighted by molar-refractivity contribution is 5.77. The summed E-state index contributed by atoms with van der Waals surface area (Å²) in [5, 5.41) is 8.03. The third-order valence-electron chi connectivity index (χ3n) is 1.21. The fourth-order valence-electron chi connectivity index (χ4n) is 0.643. The molecule has 0 amide bonds. The minimum atomic E-state index is -3.67. The number of aliphatic hydroxyl groups is 1. The highest BCUT2D eigenvalue weighted by Crippen LogP contribution is 2.20. The van der Waals surface area contributed by atoms with E-state index in [4.69, 9.17) is 10.8 Å². The molecular formula is C7H9F2NO3. The lowest BCUT2D eigenvalue weighted by atomic mass is 10.1. The van der Waals surface area contributed by atoms with Crippen LogP contribution in [0.2, 0.25) is 0 Å². The fraction of sp³-hybridized carbons (Fsp3) is 0.571. The second-order valence-corrected chi connectivity index (χ2v) is 2.26. The lowest BCUT2D eigenvalue weighted by molar-refractivity contribution is -0.169.